The number of aryl methyl sites for hydroxylation is 2. The molecule has 0 saturated carbocycles. The highest BCUT2D eigenvalue weighted by molar-refractivity contribution is 7.98. The maximum atomic E-state index is 12.7. The number of carbonyl (C=O) groups excluding carboxylic acids is 3. The molecule has 0 aliphatic carbocycles. The number of hydrogen-bond acceptors (Lipinski definition) is 5. The van der Waals surface area contributed by atoms with Gasteiger partial charge in [0.25, 0.3) is 11.8 Å². The Labute approximate surface area is 191 Å². The summed E-state index contributed by atoms with van der Waals surface area (Å²) in [5.74, 6) is 0.0642. The Morgan fingerprint density at radius 3 is 2.59 bits per heavy atom. The number of aromatic nitrogens is 2. The zero-order chi connectivity index (χ0) is 23.1. The quantitative estimate of drug-likeness (QED) is 0.453. The molecule has 3 aromatic rings. The van der Waals surface area contributed by atoms with E-state index in [-0.39, 0.29) is 12.3 Å². The van der Waals surface area contributed by atoms with E-state index in [2.05, 4.69) is 21.2 Å². The first-order valence-electron chi connectivity index (χ1n) is 10.2. The summed E-state index contributed by atoms with van der Waals surface area (Å²) in [6, 6.07) is 14.0. The Morgan fingerprint density at radius 2 is 1.88 bits per heavy atom. The molecule has 0 aliphatic heterocycles. The number of para-hydroxylation sites is 2. The predicted molar refractivity (Wildman–Crippen MR) is 126 cm³/mol. The van der Waals surface area contributed by atoms with Gasteiger partial charge in [0, 0.05) is 12.6 Å². The molecular formula is C23H27N5O3S. The summed E-state index contributed by atoms with van der Waals surface area (Å²) in [7, 11) is 1.84. The Balaban J connectivity index is 1.59. The lowest BCUT2D eigenvalue weighted by atomic mass is 10.1. The Kier molecular flexibility index (Phi) is 7.88. The summed E-state index contributed by atoms with van der Waals surface area (Å²) < 4.78 is 1.85. The van der Waals surface area contributed by atoms with Crippen LogP contribution in [0.3, 0.4) is 0 Å². The van der Waals surface area contributed by atoms with Crippen LogP contribution in [-0.2, 0) is 23.1 Å². The van der Waals surface area contributed by atoms with Crippen molar-refractivity contribution in [3.63, 3.8) is 0 Å². The fourth-order valence-electron chi connectivity index (χ4n) is 3.29. The van der Waals surface area contributed by atoms with E-state index in [0.717, 1.165) is 16.6 Å². The first-order chi connectivity index (χ1) is 15.4. The molecule has 0 fully saturated rings. The molecule has 3 amide bonds. The lowest BCUT2D eigenvalue weighted by molar-refractivity contribution is -0.129. The average molecular weight is 454 g/mol. The van der Waals surface area contributed by atoms with Crippen LogP contribution in [0.5, 0.6) is 0 Å². The highest BCUT2D eigenvalue weighted by Gasteiger charge is 2.22. The Morgan fingerprint density at radius 1 is 1.09 bits per heavy atom. The highest BCUT2D eigenvalue weighted by atomic mass is 32.2. The summed E-state index contributed by atoms with van der Waals surface area (Å²) in [4.78, 5) is 42.1. The van der Waals surface area contributed by atoms with Crippen LogP contribution in [-0.4, -0.2) is 45.3 Å². The van der Waals surface area contributed by atoms with E-state index in [1.54, 1.807) is 30.0 Å². The Hall–Kier alpha value is -3.33. The Bertz CT molecular complexity index is 1130. The first kappa shape index (κ1) is 23.3. The third kappa shape index (κ3) is 5.88. The summed E-state index contributed by atoms with van der Waals surface area (Å²) in [6.07, 6.45) is 2.37. The topological polar surface area (TPSA) is 105 Å². The van der Waals surface area contributed by atoms with Crippen molar-refractivity contribution in [1.82, 2.24) is 25.7 Å². The second-order valence-corrected chi connectivity index (χ2v) is 8.45. The minimum atomic E-state index is -0.772. The number of benzene rings is 2. The van der Waals surface area contributed by atoms with Gasteiger partial charge in [0.1, 0.15) is 11.9 Å². The van der Waals surface area contributed by atoms with E-state index < -0.39 is 17.9 Å². The molecule has 0 aliphatic rings. The average Bonchev–Trinajstić information content (AvgIpc) is 3.10. The SMILES string of the molecule is CSCCC(NC(=O)c1cccc(C)c1)C(=O)NNC(=O)Cc1nc2ccccc2n1C. The molecular weight excluding hydrogens is 426 g/mol. The van der Waals surface area contributed by atoms with Gasteiger partial charge in [-0.25, -0.2) is 4.98 Å². The maximum absolute atomic E-state index is 12.7. The highest BCUT2D eigenvalue weighted by Crippen LogP contribution is 2.14. The van der Waals surface area contributed by atoms with Gasteiger partial charge >= 0.3 is 0 Å². The zero-order valence-corrected chi connectivity index (χ0v) is 19.2. The van der Waals surface area contributed by atoms with Crippen LogP contribution in [0.2, 0.25) is 0 Å². The van der Waals surface area contributed by atoms with Crippen molar-refractivity contribution >= 4 is 40.5 Å². The number of carbonyl (C=O) groups is 3. The number of fused-ring (bicyclic) bond motifs is 1. The van der Waals surface area contributed by atoms with Crippen LogP contribution >= 0.6 is 11.8 Å². The third-order valence-electron chi connectivity index (χ3n) is 5.04. The molecule has 0 bridgehead atoms. The van der Waals surface area contributed by atoms with Gasteiger partial charge in [-0.05, 0) is 49.6 Å². The van der Waals surface area contributed by atoms with Gasteiger partial charge in [-0.1, -0.05) is 29.8 Å². The van der Waals surface area contributed by atoms with Crippen molar-refractivity contribution in [3.8, 4) is 0 Å². The standard InChI is InChI=1S/C23H27N5O3S/c1-15-7-6-8-16(13-15)22(30)25-18(11-12-32-3)23(31)27-26-21(29)14-20-24-17-9-4-5-10-19(17)28(20)2/h4-10,13,18H,11-12,14H2,1-3H3,(H,25,30)(H,26,29)(H,27,31). The van der Waals surface area contributed by atoms with Gasteiger partial charge in [0.05, 0.1) is 17.5 Å². The van der Waals surface area contributed by atoms with Gasteiger partial charge in [-0.2, -0.15) is 11.8 Å². The van der Waals surface area contributed by atoms with Crippen LogP contribution in [0.1, 0.15) is 28.2 Å². The monoisotopic (exact) mass is 453 g/mol. The number of nitrogens with zero attached hydrogens (tertiary/aromatic N) is 2. The van der Waals surface area contributed by atoms with Crippen LogP contribution in [0, 0.1) is 6.92 Å². The molecule has 32 heavy (non-hydrogen) atoms. The van der Waals surface area contributed by atoms with Crippen molar-refractivity contribution in [3.05, 3.63) is 65.5 Å². The summed E-state index contributed by atoms with van der Waals surface area (Å²) in [6.45, 7) is 1.90. The van der Waals surface area contributed by atoms with Crippen LogP contribution in [0.15, 0.2) is 48.5 Å². The first-order valence-corrected chi connectivity index (χ1v) is 11.6. The largest absolute Gasteiger partial charge is 0.340 e. The number of hydrogen-bond donors (Lipinski definition) is 3. The predicted octanol–water partition coefficient (Wildman–Crippen LogP) is 2.12. The van der Waals surface area contributed by atoms with Crippen LogP contribution in [0.25, 0.3) is 11.0 Å². The van der Waals surface area contributed by atoms with Crippen LogP contribution < -0.4 is 16.2 Å². The van der Waals surface area contributed by atoms with E-state index >= 15 is 0 Å². The zero-order valence-electron chi connectivity index (χ0n) is 18.3. The van der Waals surface area contributed by atoms with Crippen molar-refractivity contribution in [1.29, 1.82) is 0 Å². The maximum Gasteiger partial charge on any atom is 0.260 e. The van der Waals surface area contributed by atoms with Gasteiger partial charge in [-0.3, -0.25) is 25.2 Å². The number of hydrazine groups is 1. The molecule has 8 nitrogen and oxygen atoms in total. The molecule has 1 aromatic heterocycles. The molecule has 1 atom stereocenters. The molecule has 1 unspecified atom stereocenters. The van der Waals surface area contributed by atoms with Gasteiger partial charge in [0.2, 0.25) is 5.91 Å². The number of nitrogens with one attached hydrogen (secondary N) is 3. The van der Waals surface area contributed by atoms with Gasteiger partial charge in [0.15, 0.2) is 0 Å². The summed E-state index contributed by atoms with van der Waals surface area (Å²) in [5, 5.41) is 2.76. The second kappa shape index (κ2) is 10.8. The number of thioether (sulfide) groups is 1. The molecule has 168 valence electrons. The van der Waals surface area contributed by atoms with Crippen molar-refractivity contribution in [2.24, 2.45) is 7.05 Å². The molecule has 3 N–H and O–H groups in total. The van der Waals surface area contributed by atoms with Crippen molar-refractivity contribution in [2.75, 3.05) is 12.0 Å². The number of rotatable bonds is 8. The van der Waals surface area contributed by atoms with Crippen molar-refractivity contribution < 1.29 is 14.4 Å². The van der Waals surface area contributed by atoms with Gasteiger partial charge in [-0.15, -0.1) is 0 Å². The molecule has 1 heterocycles. The second-order valence-electron chi connectivity index (χ2n) is 7.47. The minimum absolute atomic E-state index is 0.0105. The minimum Gasteiger partial charge on any atom is -0.340 e. The van der Waals surface area contributed by atoms with E-state index in [1.165, 1.54) is 0 Å². The molecule has 3 rings (SSSR count). The normalized spacial score (nSPS) is 11.7. The number of amides is 3. The third-order valence-corrected chi connectivity index (χ3v) is 5.68. The summed E-state index contributed by atoms with van der Waals surface area (Å²) >= 11 is 1.57. The van der Waals surface area contributed by atoms with E-state index in [4.69, 9.17) is 0 Å². The van der Waals surface area contributed by atoms with Crippen molar-refractivity contribution in [2.45, 2.75) is 25.8 Å². The van der Waals surface area contributed by atoms with E-state index in [0.29, 0.717) is 23.6 Å². The fraction of sp³-hybridized carbons (Fsp3) is 0.304. The van der Waals surface area contributed by atoms with E-state index in [9.17, 15) is 14.4 Å². The molecule has 0 radical (unpaired) electrons. The fourth-order valence-corrected chi connectivity index (χ4v) is 3.76. The van der Waals surface area contributed by atoms with Gasteiger partial charge < -0.3 is 9.88 Å². The molecule has 0 saturated heterocycles. The van der Waals surface area contributed by atoms with E-state index in [1.807, 2.05) is 55.1 Å². The lowest BCUT2D eigenvalue weighted by Gasteiger charge is -2.18. The molecule has 2 aromatic carbocycles. The lowest BCUT2D eigenvalue weighted by Crippen LogP contribution is -2.52. The van der Waals surface area contributed by atoms with Crippen LogP contribution in [0.4, 0.5) is 0 Å². The number of imidazole rings is 1. The summed E-state index contributed by atoms with van der Waals surface area (Å²) in [5.41, 5.74) is 8.03. The molecule has 9 heteroatoms. The molecule has 0 spiro atoms. The smallest absolute Gasteiger partial charge is 0.260 e.